The van der Waals surface area contributed by atoms with Crippen LogP contribution in [0.5, 0.6) is 23.0 Å². The summed E-state index contributed by atoms with van der Waals surface area (Å²) in [4.78, 5) is 16.5. The fourth-order valence-electron chi connectivity index (χ4n) is 5.25. The normalized spacial score (nSPS) is 11.7. The van der Waals surface area contributed by atoms with E-state index in [1.54, 1.807) is 19.2 Å². The second-order valence-corrected chi connectivity index (χ2v) is 13.7. The van der Waals surface area contributed by atoms with Gasteiger partial charge in [-0.2, -0.15) is 0 Å². The van der Waals surface area contributed by atoms with Crippen molar-refractivity contribution in [1.82, 2.24) is 4.90 Å². The maximum absolute atomic E-state index is 14.3. The number of methoxy groups -OCH3 is 1. The number of unbranched alkanes of at least 4 members (excludes halogenated alkanes) is 2. The minimum atomic E-state index is -0.301. The van der Waals surface area contributed by atoms with Crippen LogP contribution in [0.2, 0.25) is 0 Å². The predicted molar refractivity (Wildman–Crippen MR) is 185 cm³/mol. The molecule has 8 heteroatoms. The van der Waals surface area contributed by atoms with Crippen LogP contribution in [0, 0.1) is 0 Å². The Balaban J connectivity index is 2.18. The number of nitrogens with zero attached hydrogens (tertiary/aromatic N) is 2. The van der Waals surface area contributed by atoms with Gasteiger partial charge in [-0.15, -0.1) is 0 Å². The van der Waals surface area contributed by atoms with Gasteiger partial charge in [-0.25, -0.2) is 0 Å². The minimum Gasteiger partial charge on any atom is -0.507 e. The van der Waals surface area contributed by atoms with Gasteiger partial charge in [0.05, 0.1) is 53.4 Å². The summed E-state index contributed by atoms with van der Waals surface area (Å²) < 4.78 is 25.7. The molecule has 248 valence electrons. The lowest BCUT2D eigenvalue weighted by Crippen LogP contribution is -2.35. The first kappa shape index (κ1) is 36.0. The van der Waals surface area contributed by atoms with Gasteiger partial charge in [0.2, 0.25) is 5.43 Å². The van der Waals surface area contributed by atoms with E-state index in [1.165, 1.54) is 0 Å². The number of aromatic hydroxyl groups is 1. The van der Waals surface area contributed by atoms with Gasteiger partial charge in [-0.05, 0) is 86.9 Å². The number of hydrogen-bond acceptors (Lipinski definition) is 7. The highest BCUT2D eigenvalue weighted by molar-refractivity contribution is 5.98. The molecular weight excluding hydrogens is 568 g/mol. The summed E-state index contributed by atoms with van der Waals surface area (Å²) in [5.41, 5.74) is 3.85. The third-order valence-electron chi connectivity index (χ3n) is 7.68. The van der Waals surface area contributed by atoms with Crippen LogP contribution in [0.25, 0.3) is 21.9 Å². The topological polar surface area (TPSA) is 81.4 Å². The Morgan fingerprint density at radius 2 is 1.40 bits per heavy atom. The highest BCUT2D eigenvalue weighted by Gasteiger charge is 2.24. The lowest BCUT2D eigenvalue weighted by Gasteiger charge is -2.23. The summed E-state index contributed by atoms with van der Waals surface area (Å²) in [6, 6.07) is 3.50. The summed E-state index contributed by atoms with van der Waals surface area (Å²) in [5.74, 6) is 1.47. The van der Waals surface area contributed by atoms with Gasteiger partial charge in [0.25, 0.3) is 0 Å². The molecule has 0 amide bonds. The second-order valence-electron chi connectivity index (χ2n) is 13.7. The van der Waals surface area contributed by atoms with Crippen molar-refractivity contribution in [1.29, 1.82) is 0 Å². The number of phenols is 1. The average molecular weight is 624 g/mol. The Bertz CT molecular complexity index is 1570. The number of benzene rings is 2. The third kappa shape index (κ3) is 10.00. The molecule has 0 aliphatic carbocycles. The van der Waals surface area contributed by atoms with Gasteiger partial charge in [-0.1, -0.05) is 23.3 Å². The molecule has 1 heterocycles. The monoisotopic (exact) mass is 623 g/mol. The van der Waals surface area contributed by atoms with E-state index in [9.17, 15) is 9.90 Å². The Kier molecular flexibility index (Phi) is 12.9. The molecule has 0 bridgehead atoms. The van der Waals surface area contributed by atoms with Crippen LogP contribution in [-0.4, -0.2) is 83.1 Å². The minimum absolute atomic E-state index is 0.102. The average Bonchev–Trinajstić information content (AvgIpc) is 2.93. The molecule has 1 N–H and O–H groups in total. The smallest absolute Gasteiger partial charge is 0.204 e. The maximum Gasteiger partial charge on any atom is 0.204 e. The van der Waals surface area contributed by atoms with Crippen LogP contribution in [0.4, 0.5) is 0 Å². The zero-order valence-corrected chi connectivity index (χ0v) is 29.3. The van der Waals surface area contributed by atoms with Gasteiger partial charge < -0.3 is 33.1 Å². The summed E-state index contributed by atoms with van der Waals surface area (Å²) in [6.07, 6.45) is 8.74. The van der Waals surface area contributed by atoms with Crippen LogP contribution in [0.15, 0.2) is 44.6 Å². The van der Waals surface area contributed by atoms with Crippen LogP contribution >= 0.6 is 0 Å². The lowest BCUT2D eigenvalue weighted by atomic mass is 9.98. The third-order valence-corrected chi connectivity index (χ3v) is 7.68. The first-order chi connectivity index (χ1) is 21.2. The molecule has 0 fully saturated rings. The van der Waals surface area contributed by atoms with Gasteiger partial charge in [0, 0.05) is 23.3 Å². The molecule has 0 radical (unpaired) electrons. The largest absolute Gasteiger partial charge is 0.507 e. The number of ether oxygens (including phenoxy) is 3. The molecule has 0 saturated heterocycles. The van der Waals surface area contributed by atoms with E-state index < -0.39 is 0 Å². The molecule has 0 aliphatic heterocycles. The van der Waals surface area contributed by atoms with Crippen molar-refractivity contribution in [2.75, 3.05) is 68.7 Å². The van der Waals surface area contributed by atoms with Gasteiger partial charge in [-0.3, -0.25) is 4.79 Å². The molecule has 3 aromatic rings. The number of phenolic OH excluding ortho intramolecular Hbond substituents is 1. The van der Waals surface area contributed by atoms with Crippen LogP contribution in [-0.2, 0) is 12.8 Å². The van der Waals surface area contributed by atoms with E-state index in [-0.39, 0.29) is 22.1 Å². The van der Waals surface area contributed by atoms with E-state index >= 15 is 0 Å². The number of quaternary nitrogens is 1. The van der Waals surface area contributed by atoms with Gasteiger partial charge in [0.15, 0.2) is 11.5 Å². The summed E-state index contributed by atoms with van der Waals surface area (Å²) >= 11 is 0. The van der Waals surface area contributed by atoms with Gasteiger partial charge >= 0.3 is 0 Å². The number of fused-ring (bicyclic) bond motifs is 2. The number of hydrogen-bond donors (Lipinski definition) is 1. The van der Waals surface area contributed by atoms with Crippen LogP contribution in [0.1, 0.15) is 64.5 Å². The zero-order chi connectivity index (χ0) is 33.3. The maximum atomic E-state index is 14.3. The highest BCUT2D eigenvalue weighted by Crippen LogP contribution is 2.41. The zero-order valence-electron chi connectivity index (χ0n) is 29.3. The van der Waals surface area contributed by atoms with Crippen LogP contribution < -0.4 is 19.6 Å². The van der Waals surface area contributed by atoms with Crippen molar-refractivity contribution in [3.05, 3.63) is 56.8 Å². The fraction of sp³-hybridized carbons (Fsp3) is 0.541. The molecule has 1 aromatic heterocycles. The SMILES string of the molecule is COc1c(OCCCCN(C)C)cc2oc3cc(OCCCC[N+](C)(C)C)c(CC=C(C)C)c(O)c3c(=O)c2c1CC=C(C)C. The first-order valence-corrected chi connectivity index (χ1v) is 16.1. The van der Waals surface area contributed by atoms with Gasteiger partial charge in [0.1, 0.15) is 28.1 Å². The molecular formula is C37H55N2O6+. The van der Waals surface area contributed by atoms with Crippen molar-refractivity contribution in [2.45, 2.75) is 66.2 Å². The van der Waals surface area contributed by atoms with Crippen molar-refractivity contribution >= 4 is 21.9 Å². The Hall–Kier alpha value is -3.49. The number of rotatable bonds is 17. The van der Waals surface area contributed by atoms with E-state index in [1.807, 2.05) is 33.8 Å². The highest BCUT2D eigenvalue weighted by atomic mass is 16.5. The number of allylic oxidation sites excluding steroid dienone is 4. The summed E-state index contributed by atoms with van der Waals surface area (Å²) in [7, 11) is 12.2. The standard InChI is InChI=1S/C37H54N2O6/c1-25(2)15-17-27-29(43-22-14-12-20-39(7,8)9)23-31-34(35(27)40)36(41)33-28(18-16-26(3)4)37(42-10)32(24-30(33)45-31)44-21-13-11-19-38(5)6/h15-16,23-24H,11-14,17-22H2,1-10H3/p+1. The molecule has 45 heavy (non-hydrogen) atoms. The molecule has 0 aliphatic rings. The molecule has 0 saturated carbocycles. The molecule has 0 unspecified atom stereocenters. The molecule has 0 atom stereocenters. The Labute approximate surface area is 269 Å². The van der Waals surface area contributed by atoms with E-state index in [0.717, 1.165) is 54.4 Å². The molecule has 8 nitrogen and oxygen atoms in total. The van der Waals surface area contributed by atoms with Crippen LogP contribution in [0.3, 0.4) is 0 Å². The predicted octanol–water partition coefficient (Wildman–Crippen LogP) is 7.26. The molecule has 3 rings (SSSR count). The van der Waals surface area contributed by atoms with Crippen molar-refractivity contribution in [3.63, 3.8) is 0 Å². The quantitative estimate of drug-likeness (QED) is 0.0733. The van der Waals surface area contributed by atoms with E-state index in [2.05, 4.69) is 46.2 Å². The van der Waals surface area contributed by atoms with Crippen molar-refractivity contribution < 1.29 is 28.2 Å². The van der Waals surface area contributed by atoms with E-state index in [4.69, 9.17) is 18.6 Å². The fourth-order valence-corrected chi connectivity index (χ4v) is 5.25. The Morgan fingerprint density at radius 3 is 1.98 bits per heavy atom. The summed E-state index contributed by atoms with van der Waals surface area (Å²) in [5, 5.41) is 12.2. The van der Waals surface area contributed by atoms with Crippen molar-refractivity contribution in [3.8, 4) is 23.0 Å². The molecule has 2 aromatic carbocycles. The second kappa shape index (κ2) is 16.2. The van der Waals surface area contributed by atoms with Crippen molar-refractivity contribution in [2.24, 2.45) is 0 Å². The van der Waals surface area contributed by atoms with E-state index in [0.29, 0.717) is 65.4 Å². The Morgan fingerprint density at radius 1 is 0.844 bits per heavy atom. The lowest BCUT2D eigenvalue weighted by molar-refractivity contribution is -0.870. The first-order valence-electron chi connectivity index (χ1n) is 16.1. The molecule has 0 spiro atoms. The summed E-state index contributed by atoms with van der Waals surface area (Å²) in [6.45, 7) is 11.1.